The number of nitrogens with zero attached hydrogens (tertiary/aromatic N) is 1. The lowest BCUT2D eigenvalue weighted by Crippen LogP contribution is -2.36. The van der Waals surface area contributed by atoms with E-state index in [2.05, 4.69) is 15.6 Å². The number of nitrogens with one attached hydrogen (secondary N) is 2. The number of hydrogen-bond donors (Lipinski definition) is 2. The number of aromatic nitrogens is 1. The Morgan fingerprint density at radius 1 is 1.08 bits per heavy atom. The van der Waals surface area contributed by atoms with Crippen LogP contribution in [0.15, 0.2) is 17.5 Å². The molecule has 8 nitrogen and oxygen atoms in total. The summed E-state index contributed by atoms with van der Waals surface area (Å²) in [5.41, 5.74) is 1.08. The number of thiazole rings is 1. The SMILES string of the molecule is COc1cc(C(=O)NCC(=O)NCc2csc(C)n2)cc(OC)c1OC. The summed E-state index contributed by atoms with van der Waals surface area (Å²) in [5.74, 6) is 0.379. The van der Waals surface area contributed by atoms with Crippen LogP contribution in [0.1, 0.15) is 21.1 Å². The molecule has 9 heteroatoms. The van der Waals surface area contributed by atoms with Crippen LogP contribution >= 0.6 is 11.3 Å². The smallest absolute Gasteiger partial charge is 0.251 e. The van der Waals surface area contributed by atoms with Crippen molar-refractivity contribution in [2.24, 2.45) is 0 Å². The highest BCUT2D eigenvalue weighted by molar-refractivity contribution is 7.09. The number of ether oxygens (including phenoxy) is 3. The first-order valence-corrected chi connectivity index (χ1v) is 8.62. The van der Waals surface area contributed by atoms with Gasteiger partial charge in [0.25, 0.3) is 5.91 Å². The maximum absolute atomic E-state index is 12.3. The standard InChI is InChI=1S/C17H21N3O5S/c1-10-20-12(9-26-10)7-18-15(21)8-19-17(22)11-5-13(23-2)16(25-4)14(6-11)24-3/h5-6,9H,7-8H2,1-4H3,(H,18,21)(H,19,22). The van der Waals surface area contributed by atoms with Crippen LogP contribution in [0.3, 0.4) is 0 Å². The van der Waals surface area contributed by atoms with Gasteiger partial charge in [0.1, 0.15) is 0 Å². The number of carbonyl (C=O) groups is 2. The van der Waals surface area contributed by atoms with Gasteiger partial charge in [-0.2, -0.15) is 0 Å². The quantitative estimate of drug-likeness (QED) is 0.722. The molecule has 0 fully saturated rings. The second-order valence-electron chi connectivity index (χ2n) is 5.23. The van der Waals surface area contributed by atoms with Crippen molar-refractivity contribution in [1.82, 2.24) is 15.6 Å². The normalized spacial score (nSPS) is 10.2. The molecule has 0 spiro atoms. The van der Waals surface area contributed by atoms with E-state index in [1.54, 1.807) is 0 Å². The van der Waals surface area contributed by atoms with E-state index in [0.29, 0.717) is 29.4 Å². The first-order valence-electron chi connectivity index (χ1n) is 7.74. The van der Waals surface area contributed by atoms with Crippen LogP contribution in [0.4, 0.5) is 0 Å². The van der Waals surface area contributed by atoms with Crippen LogP contribution in [-0.2, 0) is 11.3 Å². The fourth-order valence-corrected chi connectivity index (χ4v) is 2.83. The molecule has 2 amide bonds. The molecule has 0 aliphatic rings. The predicted octanol–water partition coefficient (Wildman–Crippen LogP) is 1.52. The lowest BCUT2D eigenvalue weighted by molar-refractivity contribution is -0.120. The number of benzene rings is 1. The summed E-state index contributed by atoms with van der Waals surface area (Å²) in [6.07, 6.45) is 0. The van der Waals surface area contributed by atoms with Gasteiger partial charge in [0.2, 0.25) is 11.7 Å². The molecule has 0 aliphatic heterocycles. The highest BCUT2D eigenvalue weighted by atomic mass is 32.1. The molecule has 2 rings (SSSR count). The molecule has 1 aromatic carbocycles. The van der Waals surface area contributed by atoms with Crippen LogP contribution in [0.25, 0.3) is 0 Å². The van der Waals surface area contributed by atoms with E-state index < -0.39 is 5.91 Å². The van der Waals surface area contributed by atoms with Gasteiger partial charge in [-0.3, -0.25) is 9.59 Å². The second kappa shape index (κ2) is 9.04. The molecule has 2 N–H and O–H groups in total. The summed E-state index contributed by atoms with van der Waals surface area (Å²) >= 11 is 1.52. The molecular formula is C17H21N3O5S. The first kappa shape index (κ1) is 19.5. The van der Waals surface area contributed by atoms with Crippen molar-refractivity contribution in [2.45, 2.75) is 13.5 Å². The number of rotatable bonds is 8. The zero-order chi connectivity index (χ0) is 19.1. The number of aryl methyl sites for hydroxylation is 1. The summed E-state index contributed by atoms with van der Waals surface area (Å²) in [6.45, 7) is 2.06. The molecular weight excluding hydrogens is 358 g/mol. The fourth-order valence-electron chi connectivity index (χ4n) is 2.22. The summed E-state index contributed by atoms with van der Waals surface area (Å²) in [7, 11) is 4.41. The van der Waals surface area contributed by atoms with Gasteiger partial charge in [0.05, 0.1) is 45.1 Å². The van der Waals surface area contributed by atoms with Gasteiger partial charge in [-0.25, -0.2) is 4.98 Å². The monoisotopic (exact) mass is 379 g/mol. The molecule has 0 aliphatic carbocycles. The highest BCUT2D eigenvalue weighted by Crippen LogP contribution is 2.38. The zero-order valence-corrected chi connectivity index (χ0v) is 15.9. The molecule has 1 aromatic heterocycles. The van der Waals surface area contributed by atoms with Crippen molar-refractivity contribution in [2.75, 3.05) is 27.9 Å². The third-order valence-corrected chi connectivity index (χ3v) is 4.29. The minimum absolute atomic E-state index is 0.154. The molecule has 0 unspecified atom stereocenters. The molecule has 0 saturated heterocycles. The van der Waals surface area contributed by atoms with E-state index in [9.17, 15) is 9.59 Å². The van der Waals surface area contributed by atoms with E-state index in [0.717, 1.165) is 10.7 Å². The fraction of sp³-hybridized carbons (Fsp3) is 0.353. The Bertz CT molecular complexity index is 765. The van der Waals surface area contributed by atoms with Gasteiger partial charge in [-0.15, -0.1) is 11.3 Å². The molecule has 0 atom stereocenters. The van der Waals surface area contributed by atoms with Gasteiger partial charge in [-0.05, 0) is 19.1 Å². The van der Waals surface area contributed by atoms with E-state index in [1.165, 1.54) is 44.8 Å². The third kappa shape index (κ3) is 4.85. The Morgan fingerprint density at radius 2 is 1.73 bits per heavy atom. The van der Waals surface area contributed by atoms with Gasteiger partial charge in [0, 0.05) is 10.9 Å². The lowest BCUT2D eigenvalue weighted by atomic mass is 10.1. The number of amides is 2. The van der Waals surface area contributed by atoms with Crippen LogP contribution in [0, 0.1) is 6.92 Å². The average Bonchev–Trinajstić information content (AvgIpc) is 3.08. The molecule has 0 saturated carbocycles. The Hall–Kier alpha value is -2.81. The van der Waals surface area contributed by atoms with Gasteiger partial charge >= 0.3 is 0 Å². The minimum Gasteiger partial charge on any atom is -0.493 e. The van der Waals surface area contributed by atoms with E-state index in [-0.39, 0.29) is 12.5 Å². The summed E-state index contributed by atoms with van der Waals surface area (Å²) in [4.78, 5) is 28.5. The minimum atomic E-state index is -0.427. The molecule has 2 aromatic rings. The summed E-state index contributed by atoms with van der Waals surface area (Å²) in [5, 5.41) is 8.08. The molecule has 1 heterocycles. The predicted molar refractivity (Wildman–Crippen MR) is 97.1 cm³/mol. The van der Waals surface area contributed by atoms with Crippen molar-refractivity contribution in [3.8, 4) is 17.2 Å². The maximum Gasteiger partial charge on any atom is 0.251 e. The summed E-state index contributed by atoms with van der Waals surface area (Å²) in [6, 6.07) is 3.04. The average molecular weight is 379 g/mol. The summed E-state index contributed by atoms with van der Waals surface area (Å²) < 4.78 is 15.6. The van der Waals surface area contributed by atoms with Crippen LogP contribution < -0.4 is 24.8 Å². The van der Waals surface area contributed by atoms with Crippen LogP contribution in [0.5, 0.6) is 17.2 Å². The second-order valence-corrected chi connectivity index (χ2v) is 6.29. The number of methoxy groups -OCH3 is 3. The number of carbonyl (C=O) groups excluding carboxylic acids is 2. The highest BCUT2D eigenvalue weighted by Gasteiger charge is 2.17. The van der Waals surface area contributed by atoms with E-state index in [1.807, 2.05) is 12.3 Å². The third-order valence-electron chi connectivity index (χ3n) is 3.47. The van der Waals surface area contributed by atoms with Crippen molar-refractivity contribution < 1.29 is 23.8 Å². The maximum atomic E-state index is 12.3. The molecule has 26 heavy (non-hydrogen) atoms. The van der Waals surface area contributed by atoms with E-state index in [4.69, 9.17) is 14.2 Å². The Balaban J connectivity index is 1.95. The van der Waals surface area contributed by atoms with Gasteiger partial charge in [0.15, 0.2) is 11.5 Å². The number of hydrogen-bond acceptors (Lipinski definition) is 7. The van der Waals surface area contributed by atoms with Crippen LogP contribution in [-0.4, -0.2) is 44.7 Å². The Morgan fingerprint density at radius 3 is 2.23 bits per heavy atom. The lowest BCUT2D eigenvalue weighted by Gasteiger charge is -2.14. The molecule has 0 radical (unpaired) electrons. The van der Waals surface area contributed by atoms with Gasteiger partial charge < -0.3 is 24.8 Å². The van der Waals surface area contributed by atoms with Crippen molar-refractivity contribution in [3.63, 3.8) is 0 Å². The molecule has 140 valence electrons. The van der Waals surface area contributed by atoms with Crippen molar-refractivity contribution in [3.05, 3.63) is 33.8 Å². The molecule has 0 bridgehead atoms. The van der Waals surface area contributed by atoms with E-state index >= 15 is 0 Å². The Kier molecular flexibility index (Phi) is 6.79. The first-order chi connectivity index (χ1) is 12.5. The Labute approximate surface area is 155 Å². The van der Waals surface area contributed by atoms with Crippen LogP contribution in [0.2, 0.25) is 0 Å². The topological polar surface area (TPSA) is 98.8 Å². The van der Waals surface area contributed by atoms with Crippen molar-refractivity contribution in [1.29, 1.82) is 0 Å². The van der Waals surface area contributed by atoms with Gasteiger partial charge in [-0.1, -0.05) is 0 Å². The largest absolute Gasteiger partial charge is 0.493 e. The zero-order valence-electron chi connectivity index (χ0n) is 15.0. The van der Waals surface area contributed by atoms with Crippen molar-refractivity contribution >= 4 is 23.2 Å².